The van der Waals surface area contributed by atoms with Gasteiger partial charge in [-0.15, -0.1) is 0 Å². The molecule has 0 saturated carbocycles. The van der Waals surface area contributed by atoms with Gasteiger partial charge in [-0.2, -0.15) is 5.26 Å². The molecular weight excluding hydrogens is 174 g/mol. The second-order valence-electron chi connectivity index (χ2n) is 3.73. The number of anilines is 1. The summed E-state index contributed by atoms with van der Waals surface area (Å²) >= 11 is 0. The molecule has 0 bridgehead atoms. The van der Waals surface area contributed by atoms with E-state index in [9.17, 15) is 0 Å². The Hall–Kier alpha value is -1.53. The van der Waals surface area contributed by atoms with Crippen molar-refractivity contribution in [2.24, 2.45) is 11.7 Å². The van der Waals surface area contributed by atoms with Gasteiger partial charge < -0.3 is 11.5 Å². The average Bonchev–Trinajstić information content (AvgIpc) is 2.16. The van der Waals surface area contributed by atoms with Gasteiger partial charge in [0, 0.05) is 11.7 Å². The van der Waals surface area contributed by atoms with Gasteiger partial charge in [0.2, 0.25) is 0 Å². The predicted octanol–water partition coefficient (Wildman–Crippen LogP) is 1.80. The third kappa shape index (κ3) is 2.04. The Morgan fingerprint density at radius 2 is 2.00 bits per heavy atom. The van der Waals surface area contributed by atoms with Gasteiger partial charge in [0.15, 0.2) is 0 Å². The second-order valence-corrected chi connectivity index (χ2v) is 3.73. The van der Waals surface area contributed by atoms with Crippen LogP contribution in [-0.2, 0) is 0 Å². The molecular formula is C11H15N3. The molecule has 0 radical (unpaired) electrons. The van der Waals surface area contributed by atoms with E-state index in [2.05, 4.69) is 0 Å². The molecule has 0 amide bonds. The number of benzene rings is 1. The molecule has 4 N–H and O–H groups in total. The zero-order valence-corrected chi connectivity index (χ0v) is 8.49. The Morgan fingerprint density at radius 3 is 2.43 bits per heavy atom. The van der Waals surface area contributed by atoms with Gasteiger partial charge in [-0.1, -0.05) is 19.9 Å². The van der Waals surface area contributed by atoms with Crippen molar-refractivity contribution in [2.75, 3.05) is 5.73 Å². The fraction of sp³-hybridized carbons (Fsp3) is 0.364. The quantitative estimate of drug-likeness (QED) is 0.696. The molecule has 3 nitrogen and oxygen atoms in total. The largest absolute Gasteiger partial charge is 0.398 e. The molecule has 1 atom stereocenters. The molecule has 1 aromatic carbocycles. The van der Waals surface area contributed by atoms with Crippen LogP contribution in [0, 0.1) is 17.2 Å². The molecule has 0 fully saturated rings. The van der Waals surface area contributed by atoms with Crippen molar-refractivity contribution < 1.29 is 0 Å². The molecule has 0 aliphatic heterocycles. The molecule has 0 heterocycles. The highest BCUT2D eigenvalue weighted by Gasteiger charge is 2.13. The molecule has 1 aromatic rings. The van der Waals surface area contributed by atoms with Gasteiger partial charge in [-0.3, -0.25) is 0 Å². The van der Waals surface area contributed by atoms with Crippen molar-refractivity contribution in [3.05, 3.63) is 29.3 Å². The highest BCUT2D eigenvalue weighted by Crippen LogP contribution is 2.24. The highest BCUT2D eigenvalue weighted by atomic mass is 14.7. The average molecular weight is 189 g/mol. The van der Waals surface area contributed by atoms with Crippen LogP contribution >= 0.6 is 0 Å². The number of nitrogens with zero attached hydrogens (tertiary/aromatic N) is 1. The number of nitrogen functional groups attached to an aromatic ring is 1. The maximum absolute atomic E-state index is 8.66. The zero-order valence-electron chi connectivity index (χ0n) is 8.49. The van der Waals surface area contributed by atoms with Crippen LogP contribution in [0.1, 0.15) is 31.0 Å². The predicted molar refractivity (Wildman–Crippen MR) is 57.3 cm³/mol. The molecule has 0 unspecified atom stereocenters. The maximum Gasteiger partial charge on any atom is 0.0992 e. The Bertz CT molecular complexity index is 363. The topological polar surface area (TPSA) is 75.8 Å². The Labute approximate surface area is 84.3 Å². The van der Waals surface area contributed by atoms with Crippen molar-refractivity contribution in [1.82, 2.24) is 0 Å². The summed E-state index contributed by atoms with van der Waals surface area (Å²) in [6.07, 6.45) is 0. The first-order valence-electron chi connectivity index (χ1n) is 4.61. The summed E-state index contributed by atoms with van der Waals surface area (Å²) in [6, 6.07) is 7.22. The Balaban J connectivity index is 3.07. The molecule has 0 aliphatic rings. The molecule has 74 valence electrons. The van der Waals surface area contributed by atoms with Crippen molar-refractivity contribution in [2.45, 2.75) is 19.9 Å². The molecule has 3 heteroatoms. The molecule has 0 aliphatic carbocycles. The van der Waals surface area contributed by atoms with E-state index in [1.54, 1.807) is 12.1 Å². The van der Waals surface area contributed by atoms with E-state index in [1.807, 2.05) is 26.0 Å². The Morgan fingerprint density at radius 1 is 1.36 bits per heavy atom. The first-order valence-corrected chi connectivity index (χ1v) is 4.61. The lowest BCUT2D eigenvalue weighted by molar-refractivity contribution is 0.515. The summed E-state index contributed by atoms with van der Waals surface area (Å²) < 4.78 is 0. The zero-order chi connectivity index (χ0) is 10.7. The lowest BCUT2D eigenvalue weighted by atomic mass is 9.95. The highest BCUT2D eigenvalue weighted by molar-refractivity contribution is 5.53. The molecule has 0 aromatic heterocycles. The number of hydrogen-bond acceptors (Lipinski definition) is 3. The van der Waals surface area contributed by atoms with Crippen LogP contribution in [-0.4, -0.2) is 0 Å². The summed E-state index contributed by atoms with van der Waals surface area (Å²) in [5.74, 6) is 0.338. The van der Waals surface area contributed by atoms with Crippen molar-refractivity contribution >= 4 is 5.69 Å². The Kier molecular flexibility index (Phi) is 3.10. The summed E-state index contributed by atoms with van der Waals surface area (Å²) in [5, 5.41) is 8.66. The fourth-order valence-corrected chi connectivity index (χ4v) is 1.31. The van der Waals surface area contributed by atoms with Crippen LogP contribution in [0.25, 0.3) is 0 Å². The van der Waals surface area contributed by atoms with Crippen molar-refractivity contribution in [1.29, 1.82) is 5.26 Å². The van der Waals surface area contributed by atoms with Gasteiger partial charge in [-0.05, 0) is 23.6 Å². The maximum atomic E-state index is 8.66. The molecule has 14 heavy (non-hydrogen) atoms. The van der Waals surface area contributed by atoms with Crippen molar-refractivity contribution in [3.63, 3.8) is 0 Å². The van der Waals surface area contributed by atoms with Crippen LogP contribution in [0.4, 0.5) is 5.69 Å². The number of hydrogen-bond donors (Lipinski definition) is 2. The fourth-order valence-electron chi connectivity index (χ4n) is 1.31. The summed E-state index contributed by atoms with van der Waals surface area (Å²) in [4.78, 5) is 0. The van der Waals surface area contributed by atoms with E-state index in [-0.39, 0.29) is 6.04 Å². The van der Waals surface area contributed by atoms with E-state index in [0.717, 1.165) is 5.56 Å². The second kappa shape index (κ2) is 4.12. The number of rotatable bonds is 2. The minimum Gasteiger partial charge on any atom is -0.398 e. The summed E-state index contributed by atoms with van der Waals surface area (Å²) in [6.45, 7) is 4.09. The van der Waals surface area contributed by atoms with E-state index in [1.165, 1.54) is 0 Å². The monoisotopic (exact) mass is 189 g/mol. The standard InChI is InChI=1S/C11H15N3/c1-7(2)11(14)9-4-3-8(6-12)5-10(9)13/h3-5,7,11H,13-14H2,1-2H3/t11-/m0/s1. The van der Waals surface area contributed by atoms with Gasteiger partial charge in [0.05, 0.1) is 11.6 Å². The molecule has 0 saturated heterocycles. The SMILES string of the molecule is CC(C)[C@H](N)c1ccc(C#N)cc1N. The van der Waals surface area contributed by atoms with Crippen LogP contribution in [0.2, 0.25) is 0 Å². The van der Waals surface area contributed by atoms with Crippen LogP contribution in [0.3, 0.4) is 0 Å². The van der Waals surface area contributed by atoms with Crippen LogP contribution in [0.5, 0.6) is 0 Å². The smallest absolute Gasteiger partial charge is 0.0992 e. The van der Waals surface area contributed by atoms with Crippen LogP contribution in [0.15, 0.2) is 18.2 Å². The van der Waals surface area contributed by atoms with E-state index in [4.69, 9.17) is 16.7 Å². The molecule has 0 spiro atoms. The van der Waals surface area contributed by atoms with Crippen molar-refractivity contribution in [3.8, 4) is 6.07 Å². The van der Waals surface area contributed by atoms with Gasteiger partial charge in [0.25, 0.3) is 0 Å². The molecule has 1 rings (SSSR count). The number of nitriles is 1. The summed E-state index contributed by atoms with van der Waals surface area (Å²) in [7, 11) is 0. The minimum atomic E-state index is -0.0669. The van der Waals surface area contributed by atoms with Crippen LogP contribution < -0.4 is 11.5 Å². The lowest BCUT2D eigenvalue weighted by Crippen LogP contribution is -2.18. The van der Waals surface area contributed by atoms with E-state index < -0.39 is 0 Å². The first-order chi connectivity index (χ1) is 6.56. The third-order valence-electron chi connectivity index (χ3n) is 2.29. The van der Waals surface area contributed by atoms with E-state index >= 15 is 0 Å². The minimum absolute atomic E-state index is 0.0669. The van der Waals surface area contributed by atoms with Gasteiger partial charge in [-0.25, -0.2) is 0 Å². The summed E-state index contributed by atoms with van der Waals surface area (Å²) in [5.41, 5.74) is 13.9. The first kappa shape index (κ1) is 10.6. The normalized spacial score (nSPS) is 12.5. The third-order valence-corrected chi connectivity index (χ3v) is 2.29. The number of nitrogens with two attached hydrogens (primary N) is 2. The van der Waals surface area contributed by atoms with Gasteiger partial charge in [0.1, 0.15) is 0 Å². The lowest BCUT2D eigenvalue weighted by Gasteiger charge is -2.17. The van der Waals surface area contributed by atoms with E-state index in [0.29, 0.717) is 17.2 Å². The van der Waals surface area contributed by atoms with Gasteiger partial charge >= 0.3 is 0 Å².